The predicted octanol–water partition coefficient (Wildman–Crippen LogP) is 3.52. The van der Waals surface area contributed by atoms with Gasteiger partial charge in [-0.1, -0.05) is 11.6 Å². The van der Waals surface area contributed by atoms with E-state index in [9.17, 15) is 17.6 Å². The van der Waals surface area contributed by atoms with Gasteiger partial charge in [-0.25, -0.2) is 8.78 Å². The van der Waals surface area contributed by atoms with Crippen molar-refractivity contribution in [2.24, 2.45) is 0 Å². The topological polar surface area (TPSA) is 35.8 Å². The van der Waals surface area contributed by atoms with Crippen LogP contribution >= 0.6 is 11.6 Å². The van der Waals surface area contributed by atoms with Crippen LogP contribution in [0, 0.1) is 11.3 Å². The van der Waals surface area contributed by atoms with Gasteiger partial charge in [0.2, 0.25) is 0 Å². The number of anilines is 1. The summed E-state index contributed by atoms with van der Waals surface area (Å²) in [7, 11) is 0. The smallest absolute Gasteiger partial charge is 0.324 e. The molecule has 0 radical (unpaired) electrons. The van der Waals surface area contributed by atoms with Crippen molar-refractivity contribution >= 4 is 17.3 Å². The number of benzene rings is 1. The average Bonchev–Trinajstić information content (AvgIpc) is 2.27. The second kappa shape index (κ2) is 5.23. The summed E-state index contributed by atoms with van der Waals surface area (Å²) in [5.41, 5.74) is 0.0554. The zero-order valence-corrected chi connectivity index (χ0v) is 9.11. The van der Waals surface area contributed by atoms with Gasteiger partial charge in [-0.2, -0.15) is 14.0 Å². The Morgan fingerprint density at radius 1 is 1.41 bits per heavy atom. The molecule has 7 heteroatoms. The van der Waals surface area contributed by atoms with Crippen LogP contribution in [0.25, 0.3) is 0 Å². The van der Waals surface area contributed by atoms with E-state index in [-0.39, 0.29) is 16.3 Å². The summed E-state index contributed by atoms with van der Waals surface area (Å²) in [6.45, 7) is -1.25. The van der Waals surface area contributed by atoms with Crippen molar-refractivity contribution in [1.82, 2.24) is 0 Å². The highest BCUT2D eigenvalue weighted by molar-refractivity contribution is 6.30. The predicted molar refractivity (Wildman–Crippen MR) is 55.6 cm³/mol. The maximum Gasteiger partial charge on any atom is 0.324 e. The second-order valence-electron chi connectivity index (χ2n) is 3.22. The third kappa shape index (κ3) is 3.49. The summed E-state index contributed by atoms with van der Waals surface area (Å²) < 4.78 is 49.0. The zero-order chi connectivity index (χ0) is 13.1. The van der Waals surface area contributed by atoms with E-state index in [0.29, 0.717) is 0 Å². The van der Waals surface area contributed by atoms with Crippen molar-refractivity contribution in [3.05, 3.63) is 28.8 Å². The van der Waals surface area contributed by atoms with Crippen molar-refractivity contribution in [1.29, 1.82) is 5.26 Å². The van der Waals surface area contributed by atoms with Gasteiger partial charge in [0.15, 0.2) is 0 Å². The SMILES string of the molecule is N#Cc1cc(Cl)ccc1NCC(F)(F)C(F)F. The first-order valence-electron chi connectivity index (χ1n) is 4.46. The average molecular weight is 267 g/mol. The minimum absolute atomic E-state index is 0.0163. The molecular weight excluding hydrogens is 260 g/mol. The van der Waals surface area contributed by atoms with Gasteiger partial charge >= 0.3 is 12.3 Å². The number of alkyl halides is 4. The Morgan fingerprint density at radius 3 is 2.59 bits per heavy atom. The molecule has 0 saturated carbocycles. The van der Waals surface area contributed by atoms with Crippen molar-refractivity contribution < 1.29 is 17.6 Å². The maximum absolute atomic E-state index is 12.6. The molecule has 92 valence electrons. The molecule has 0 unspecified atom stereocenters. The van der Waals surface area contributed by atoms with Crippen LogP contribution in [0.1, 0.15) is 5.56 Å². The number of hydrogen-bond donors (Lipinski definition) is 1. The summed E-state index contributed by atoms with van der Waals surface area (Å²) in [6, 6.07) is 5.62. The number of hydrogen-bond acceptors (Lipinski definition) is 2. The van der Waals surface area contributed by atoms with Gasteiger partial charge in [0.25, 0.3) is 0 Å². The summed E-state index contributed by atoms with van der Waals surface area (Å²) in [4.78, 5) is 0. The molecule has 1 aromatic rings. The minimum Gasteiger partial charge on any atom is -0.378 e. The molecule has 1 aromatic carbocycles. The Labute approximate surface area is 99.8 Å². The van der Waals surface area contributed by atoms with Crippen molar-refractivity contribution in [2.45, 2.75) is 12.3 Å². The highest BCUT2D eigenvalue weighted by Gasteiger charge is 2.40. The first-order valence-corrected chi connectivity index (χ1v) is 4.84. The molecule has 0 amide bonds. The van der Waals surface area contributed by atoms with E-state index in [1.165, 1.54) is 18.2 Å². The molecule has 17 heavy (non-hydrogen) atoms. The van der Waals surface area contributed by atoms with Gasteiger partial charge < -0.3 is 5.32 Å². The molecule has 0 atom stereocenters. The van der Waals surface area contributed by atoms with E-state index >= 15 is 0 Å². The van der Waals surface area contributed by atoms with Crippen molar-refractivity contribution in [3.8, 4) is 6.07 Å². The van der Waals surface area contributed by atoms with Gasteiger partial charge in [0.05, 0.1) is 17.8 Å². The molecule has 0 aromatic heterocycles. The number of nitriles is 1. The Kier molecular flexibility index (Phi) is 4.18. The fourth-order valence-corrected chi connectivity index (χ4v) is 1.23. The fourth-order valence-electron chi connectivity index (χ4n) is 1.05. The molecule has 0 aliphatic carbocycles. The Balaban J connectivity index is 2.80. The molecule has 1 rings (SSSR count). The second-order valence-corrected chi connectivity index (χ2v) is 3.65. The Hall–Kier alpha value is -1.48. The minimum atomic E-state index is -4.15. The quantitative estimate of drug-likeness (QED) is 0.847. The molecule has 0 spiro atoms. The van der Waals surface area contributed by atoms with Crippen LogP contribution < -0.4 is 5.32 Å². The highest BCUT2D eigenvalue weighted by Crippen LogP contribution is 2.25. The van der Waals surface area contributed by atoms with Gasteiger partial charge in [0, 0.05) is 5.02 Å². The first-order chi connectivity index (χ1) is 7.86. The first kappa shape index (κ1) is 13.6. The standard InChI is InChI=1S/C10H7ClF4N2/c11-7-1-2-8(6(3-7)4-16)17-5-10(14,15)9(12)13/h1-3,9,17H,5H2. The molecule has 0 saturated heterocycles. The monoisotopic (exact) mass is 266 g/mol. The molecule has 2 nitrogen and oxygen atoms in total. The van der Waals surface area contributed by atoms with Crippen molar-refractivity contribution in [3.63, 3.8) is 0 Å². The normalized spacial score (nSPS) is 11.4. The van der Waals surface area contributed by atoms with E-state index in [0.717, 1.165) is 0 Å². The number of nitrogens with zero attached hydrogens (tertiary/aromatic N) is 1. The summed E-state index contributed by atoms with van der Waals surface area (Å²) in [6.07, 6.45) is -3.76. The lowest BCUT2D eigenvalue weighted by molar-refractivity contribution is -0.117. The lowest BCUT2D eigenvalue weighted by Crippen LogP contribution is -2.34. The van der Waals surface area contributed by atoms with Crippen LogP contribution in [0.4, 0.5) is 23.2 Å². The zero-order valence-electron chi connectivity index (χ0n) is 8.35. The van der Waals surface area contributed by atoms with Gasteiger partial charge in [-0.05, 0) is 18.2 Å². The summed E-state index contributed by atoms with van der Waals surface area (Å²) >= 11 is 5.59. The van der Waals surface area contributed by atoms with E-state index in [1.807, 2.05) is 0 Å². The van der Waals surface area contributed by atoms with Gasteiger partial charge in [-0.3, -0.25) is 0 Å². The van der Waals surface area contributed by atoms with Crippen LogP contribution in [0.5, 0.6) is 0 Å². The summed E-state index contributed by atoms with van der Waals surface area (Å²) in [5.74, 6) is -4.15. The van der Waals surface area contributed by atoms with Crippen molar-refractivity contribution in [2.75, 3.05) is 11.9 Å². The van der Waals surface area contributed by atoms with E-state index in [4.69, 9.17) is 16.9 Å². The molecule has 0 aliphatic rings. The number of halogens is 5. The lowest BCUT2D eigenvalue weighted by atomic mass is 10.2. The van der Waals surface area contributed by atoms with E-state index in [2.05, 4.69) is 5.32 Å². The van der Waals surface area contributed by atoms with Gasteiger partial charge in [-0.15, -0.1) is 0 Å². The fraction of sp³-hybridized carbons (Fsp3) is 0.300. The number of rotatable bonds is 4. The van der Waals surface area contributed by atoms with E-state index < -0.39 is 18.9 Å². The molecular formula is C10H7ClF4N2. The molecule has 0 heterocycles. The third-order valence-corrected chi connectivity index (χ3v) is 2.17. The third-order valence-electron chi connectivity index (χ3n) is 1.94. The Bertz CT molecular complexity index is 442. The van der Waals surface area contributed by atoms with Crippen LogP contribution in [-0.2, 0) is 0 Å². The highest BCUT2D eigenvalue weighted by atomic mass is 35.5. The van der Waals surface area contributed by atoms with Gasteiger partial charge in [0.1, 0.15) is 6.07 Å². The maximum atomic E-state index is 12.6. The molecule has 0 aliphatic heterocycles. The van der Waals surface area contributed by atoms with E-state index in [1.54, 1.807) is 6.07 Å². The summed E-state index contributed by atoms with van der Waals surface area (Å²) in [5, 5.41) is 11.1. The number of nitrogens with one attached hydrogen (secondary N) is 1. The van der Waals surface area contributed by atoms with Crippen LogP contribution in [0.2, 0.25) is 5.02 Å². The molecule has 0 fully saturated rings. The molecule has 0 bridgehead atoms. The largest absolute Gasteiger partial charge is 0.378 e. The molecule has 1 N–H and O–H groups in total. The van der Waals surface area contributed by atoms with Crippen LogP contribution in [-0.4, -0.2) is 18.9 Å². The van der Waals surface area contributed by atoms with Crippen LogP contribution in [0.3, 0.4) is 0 Å². The lowest BCUT2D eigenvalue weighted by Gasteiger charge is -2.17. The van der Waals surface area contributed by atoms with Crippen LogP contribution in [0.15, 0.2) is 18.2 Å². The Morgan fingerprint density at radius 2 is 2.06 bits per heavy atom.